The molecule has 0 spiro atoms. The summed E-state index contributed by atoms with van der Waals surface area (Å²) in [5.41, 5.74) is 1.05. The molecule has 0 saturated carbocycles. The molecular formula is C15H24ClNO3. The van der Waals surface area contributed by atoms with Crippen molar-refractivity contribution in [3.63, 3.8) is 0 Å². The van der Waals surface area contributed by atoms with Gasteiger partial charge in [-0.15, -0.1) is 0 Å². The van der Waals surface area contributed by atoms with Gasteiger partial charge in [0.1, 0.15) is 12.4 Å². The summed E-state index contributed by atoms with van der Waals surface area (Å²) in [5.74, 6) is 0.844. The number of methoxy groups -OCH3 is 1. The first-order valence-electron chi connectivity index (χ1n) is 6.85. The number of benzene rings is 1. The van der Waals surface area contributed by atoms with Crippen molar-refractivity contribution in [3.8, 4) is 5.75 Å². The second-order valence-corrected chi connectivity index (χ2v) is 4.94. The smallest absolute Gasteiger partial charge is 0.124 e. The van der Waals surface area contributed by atoms with Crippen LogP contribution in [0, 0.1) is 0 Å². The lowest BCUT2D eigenvalue weighted by Crippen LogP contribution is -2.15. The van der Waals surface area contributed by atoms with E-state index < -0.39 is 0 Å². The predicted molar refractivity (Wildman–Crippen MR) is 81.7 cm³/mol. The van der Waals surface area contributed by atoms with Crippen molar-refractivity contribution < 1.29 is 14.2 Å². The Kier molecular flexibility index (Phi) is 8.62. The highest BCUT2D eigenvalue weighted by Gasteiger charge is 2.10. The van der Waals surface area contributed by atoms with Crippen molar-refractivity contribution in [2.45, 2.75) is 19.4 Å². The second kappa shape index (κ2) is 10.00. The van der Waals surface area contributed by atoms with E-state index in [2.05, 4.69) is 12.2 Å². The van der Waals surface area contributed by atoms with Crippen molar-refractivity contribution >= 4 is 11.6 Å². The predicted octanol–water partition coefficient (Wildman–Crippen LogP) is 3.05. The summed E-state index contributed by atoms with van der Waals surface area (Å²) in [4.78, 5) is 0. The van der Waals surface area contributed by atoms with Crippen LogP contribution in [0.4, 0.5) is 0 Å². The summed E-state index contributed by atoms with van der Waals surface area (Å²) < 4.78 is 16.2. The molecule has 1 aromatic rings. The minimum Gasteiger partial charge on any atom is -0.491 e. The normalized spacial score (nSPS) is 12.4. The molecule has 0 radical (unpaired) electrons. The van der Waals surface area contributed by atoms with E-state index in [0.717, 1.165) is 24.3 Å². The number of hydrogen-bond donors (Lipinski definition) is 1. The first-order chi connectivity index (χ1) is 9.69. The molecule has 0 aliphatic heterocycles. The standard InChI is InChI=1S/C15H24ClNO3/c1-12(17-2)14-11-13(16)5-6-15(14)20-10-9-19-8-4-7-18-3/h5-6,11-12,17H,4,7-10H2,1-3H3. The number of nitrogens with one attached hydrogen (secondary N) is 1. The Morgan fingerprint density at radius 2 is 2.00 bits per heavy atom. The van der Waals surface area contributed by atoms with E-state index in [0.29, 0.717) is 24.8 Å². The maximum atomic E-state index is 6.03. The first kappa shape index (κ1) is 17.2. The fraction of sp³-hybridized carbons (Fsp3) is 0.600. The third kappa shape index (κ3) is 6.09. The molecule has 0 aliphatic carbocycles. The average molecular weight is 302 g/mol. The van der Waals surface area contributed by atoms with Crippen molar-refractivity contribution in [2.75, 3.05) is 40.6 Å². The van der Waals surface area contributed by atoms with Gasteiger partial charge in [0.25, 0.3) is 0 Å². The molecular weight excluding hydrogens is 278 g/mol. The third-order valence-corrected chi connectivity index (χ3v) is 3.23. The van der Waals surface area contributed by atoms with Gasteiger partial charge in [0.2, 0.25) is 0 Å². The van der Waals surface area contributed by atoms with Crippen molar-refractivity contribution in [1.82, 2.24) is 5.32 Å². The van der Waals surface area contributed by atoms with Crippen LogP contribution in [-0.4, -0.2) is 40.6 Å². The lowest BCUT2D eigenvalue weighted by molar-refractivity contribution is 0.0803. The molecule has 1 unspecified atom stereocenters. The number of halogens is 1. The van der Waals surface area contributed by atoms with E-state index in [1.807, 2.05) is 25.2 Å². The Labute approximate surface area is 126 Å². The van der Waals surface area contributed by atoms with Gasteiger partial charge in [0.15, 0.2) is 0 Å². The number of hydrogen-bond acceptors (Lipinski definition) is 4. The molecule has 0 heterocycles. The fourth-order valence-corrected chi connectivity index (χ4v) is 1.94. The van der Waals surface area contributed by atoms with Crippen LogP contribution < -0.4 is 10.1 Å². The molecule has 1 aromatic carbocycles. The lowest BCUT2D eigenvalue weighted by atomic mass is 10.1. The molecule has 0 aliphatic rings. The SMILES string of the molecule is CNC(C)c1cc(Cl)ccc1OCCOCCCOC. The highest BCUT2D eigenvalue weighted by Crippen LogP contribution is 2.28. The summed E-state index contributed by atoms with van der Waals surface area (Å²) in [5, 5.41) is 3.90. The van der Waals surface area contributed by atoms with E-state index in [4.69, 9.17) is 25.8 Å². The van der Waals surface area contributed by atoms with E-state index in [1.54, 1.807) is 7.11 Å². The zero-order chi connectivity index (χ0) is 14.8. The van der Waals surface area contributed by atoms with Crippen LogP contribution in [0.25, 0.3) is 0 Å². The monoisotopic (exact) mass is 301 g/mol. The van der Waals surface area contributed by atoms with Gasteiger partial charge in [-0.05, 0) is 38.6 Å². The van der Waals surface area contributed by atoms with Gasteiger partial charge in [-0.25, -0.2) is 0 Å². The van der Waals surface area contributed by atoms with Gasteiger partial charge in [-0.3, -0.25) is 0 Å². The molecule has 0 fully saturated rings. The zero-order valence-corrected chi connectivity index (χ0v) is 13.2. The summed E-state index contributed by atoms with van der Waals surface area (Å²) >= 11 is 6.03. The average Bonchev–Trinajstić information content (AvgIpc) is 2.46. The molecule has 0 aromatic heterocycles. The van der Waals surface area contributed by atoms with Gasteiger partial charge in [0.05, 0.1) is 6.61 Å². The molecule has 1 N–H and O–H groups in total. The Balaban J connectivity index is 2.39. The van der Waals surface area contributed by atoms with Crippen molar-refractivity contribution in [3.05, 3.63) is 28.8 Å². The lowest BCUT2D eigenvalue weighted by Gasteiger charge is -2.17. The summed E-state index contributed by atoms with van der Waals surface area (Å²) in [7, 11) is 3.60. The first-order valence-corrected chi connectivity index (χ1v) is 7.23. The molecule has 4 nitrogen and oxygen atoms in total. The quantitative estimate of drug-likeness (QED) is 0.674. The van der Waals surface area contributed by atoms with Gasteiger partial charge in [-0.1, -0.05) is 11.6 Å². The highest BCUT2D eigenvalue weighted by atomic mass is 35.5. The molecule has 0 bridgehead atoms. The van der Waals surface area contributed by atoms with E-state index in [9.17, 15) is 0 Å². The van der Waals surface area contributed by atoms with Gasteiger partial charge >= 0.3 is 0 Å². The fourth-order valence-electron chi connectivity index (χ4n) is 1.76. The van der Waals surface area contributed by atoms with Crippen LogP contribution in [-0.2, 0) is 9.47 Å². The Morgan fingerprint density at radius 3 is 2.70 bits per heavy atom. The molecule has 0 saturated heterocycles. The van der Waals surface area contributed by atoms with E-state index in [1.165, 1.54) is 0 Å². The Morgan fingerprint density at radius 1 is 1.20 bits per heavy atom. The number of ether oxygens (including phenoxy) is 3. The zero-order valence-electron chi connectivity index (χ0n) is 12.4. The van der Waals surface area contributed by atoms with Crippen molar-refractivity contribution in [1.29, 1.82) is 0 Å². The Bertz CT molecular complexity index is 387. The minimum atomic E-state index is 0.186. The Hall–Kier alpha value is -0.810. The molecule has 20 heavy (non-hydrogen) atoms. The van der Waals surface area contributed by atoms with Gasteiger partial charge < -0.3 is 19.5 Å². The van der Waals surface area contributed by atoms with Gasteiger partial charge in [-0.2, -0.15) is 0 Å². The van der Waals surface area contributed by atoms with Gasteiger partial charge in [0, 0.05) is 37.0 Å². The topological polar surface area (TPSA) is 39.7 Å². The van der Waals surface area contributed by atoms with Crippen molar-refractivity contribution in [2.24, 2.45) is 0 Å². The summed E-state index contributed by atoms with van der Waals surface area (Å²) in [6, 6.07) is 5.85. The molecule has 0 amide bonds. The highest BCUT2D eigenvalue weighted by molar-refractivity contribution is 6.30. The van der Waals surface area contributed by atoms with Crippen LogP contribution in [0.2, 0.25) is 5.02 Å². The molecule has 114 valence electrons. The third-order valence-electron chi connectivity index (χ3n) is 2.99. The summed E-state index contributed by atoms with van der Waals surface area (Å²) in [6.07, 6.45) is 0.902. The maximum Gasteiger partial charge on any atom is 0.124 e. The van der Waals surface area contributed by atoms with Crippen LogP contribution in [0.1, 0.15) is 24.9 Å². The van der Waals surface area contributed by atoms with E-state index >= 15 is 0 Å². The molecule has 1 atom stereocenters. The largest absolute Gasteiger partial charge is 0.491 e. The van der Waals surface area contributed by atoms with E-state index in [-0.39, 0.29) is 6.04 Å². The maximum absolute atomic E-state index is 6.03. The molecule has 5 heteroatoms. The summed E-state index contributed by atoms with van der Waals surface area (Å²) in [6.45, 7) is 4.58. The minimum absolute atomic E-state index is 0.186. The second-order valence-electron chi connectivity index (χ2n) is 4.50. The number of rotatable bonds is 10. The van der Waals surface area contributed by atoms with Crippen LogP contribution >= 0.6 is 11.6 Å². The van der Waals surface area contributed by atoms with Crippen LogP contribution in [0.15, 0.2) is 18.2 Å². The van der Waals surface area contributed by atoms with Crippen LogP contribution in [0.5, 0.6) is 5.75 Å². The van der Waals surface area contributed by atoms with Crippen LogP contribution in [0.3, 0.4) is 0 Å². The molecule has 1 rings (SSSR count).